The minimum Gasteiger partial charge on any atom is -0.352 e. The molecule has 0 aliphatic carbocycles. The number of hydrogen-bond donors (Lipinski definition) is 2. The molecular weight excluding hydrogens is 421 g/mol. The smallest absolute Gasteiger partial charge is 0.253 e. The summed E-state index contributed by atoms with van der Waals surface area (Å²) in [5, 5.41) is 5.92. The first-order valence-electron chi connectivity index (χ1n) is 11.5. The number of carbonyl (C=O) groups excluding carboxylic acids is 3. The van der Waals surface area contributed by atoms with Crippen LogP contribution in [0.2, 0.25) is 0 Å². The lowest BCUT2D eigenvalue weighted by Crippen LogP contribution is -2.55. The fraction of sp³-hybridized carbons (Fsp3) is 0.423. The average molecular weight is 454 g/mol. The van der Waals surface area contributed by atoms with E-state index in [2.05, 4.69) is 10.6 Å². The van der Waals surface area contributed by atoms with E-state index in [9.17, 15) is 18.8 Å². The number of hydrogen-bond acceptors (Lipinski definition) is 3. The molecule has 2 aromatic rings. The number of halogens is 1. The van der Waals surface area contributed by atoms with Gasteiger partial charge in [-0.15, -0.1) is 0 Å². The van der Waals surface area contributed by atoms with E-state index in [1.165, 1.54) is 18.2 Å². The maximum atomic E-state index is 13.5. The van der Waals surface area contributed by atoms with Crippen molar-refractivity contribution < 1.29 is 18.8 Å². The minimum absolute atomic E-state index is 0.00878. The van der Waals surface area contributed by atoms with E-state index >= 15 is 0 Å². The molecule has 3 amide bonds. The molecule has 2 N–H and O–H groups in total. The molecule has 0 unspecified atom stereocenters. The average Bonchev–Trinajstić information content (AvgIpc) is 2.81. The summed E-state index contributed by atoms with van der Waals surface area (Å²) in [6.07, 6.45) is 1.91. The van der Waals surface area contributed by atoms with Gasteiger partial charge in [-0.1, -0.05) is 30.7 Å². The quantitative estimate of drug-likeness (QED) is 0.671. The van der Waals surface area contributed by atoms with Crippen LogP contribution in [0.5, 0.6) is 0 Å². The van der Waals surface area contributed by atoms with Gasteiger partial charge in [-0.2, -0.15) is 0 Å². The molecule has 33 heavy (non-hydrogen) atoms. The monoisotopic (exact) mass is 453 g/mol. The number of nitrogens with one attached hydrogen (secondary N) is 2. The minimum atomic E-state index is -0.696. The van der Waals surface area contributed by atoms with Crippen molar-refractivity contribution in [3.8, 4) is 0 Å². The number of amides is 3. The van der Waals surface area contributed by atoms with Crippen molar-refractivity contribution in [1.82, 2.24) is 15.5 Å². The van der Waals surface area contributed by atoms with Crippen molar-refractivity contribution in [1.29, 1.82) is 0 Å². The van der Waals surface area contributed by atoms with Crippen LogP contribution in [0.25, 0.3) is 0 Å². The summed E-state index contributed by atoms with van der Waals surface area (Å²) in [5.41, 5.74) is 1.79. The highest BCUT2D eigenvalue weighted by molar-refractivity contribution is 5.98. The lowest BCUT2D eigenvalue weighted by Gasteiger charge is -2.36. The molecule has 0 saturated carbocycles. The van der Waals surface area contributed by atoms with Gasteiger partial charge in [0.05, 0.1) is 0 Å². The zero-order chi connectivity index (χ0) is 24.0. The Kier molecular flexibility index (Phi) is 8.20. The van der Waals surface area contributed by atoms with Gasteiger partial charge in [0.25, 0.3) is 11.8 Å². The van der Waals surface area contributed by atoms with E-state index in [-0.39, 0.29) is 29.7 Å². The topological polar surface area (TPSA) is 78.5 Å². The predicted octanol–water partition coefficient (Wildman–Crippen LogP) is 3.70. The molecule has 0 bridgehead atoms. The molecule has 2 aromatic carbocycles. The van der Waals surface area contributed by atoms with Crippen molar-refractivity contribution in [2.45, 2.75) is 52.1 Å². The second-order valence-electron chi connectivity index (χ2n) is 8.78. The van der Waals surface area contributed by atoms with Crippen molar-refractivity contribution in [3.05, 3.63) is 71.0 Å². The molecule has 176 valence electrons. The first-order valence-corrected chi connectivity index (χ1v) is 11.5. The maximum Gasteiger partial charge on any atom is 0.253 e. The zero-order valence-electron chi connectivity index (χ0n) is 19.4. The maximum absolute atomic E-state index is 13.5. The van der Waals surface area contributed by atoms with Crippen LogP contribution in [0.1, 0.15) is 59.4 Å². The van der Waals surface area contributed by atoms with Crippen LogP contribution in [0.4, 0.5) is 4.39 Å². The third-order valence-corrected chi connectivity index (χ3v) is 6.22. The lowest BCUT2D eigenvalue weighted by atomic mass is 9.88. The van der Waals surface area contributed by atoms with E-state index < -0.39 is 11.9 Å². The van der Waals surface area contributed by atoms with Gasteiger partial charge in [0, 0.05) is 30.3 Å². The molecule has 7 heteroatoms. The molecule has 1 fully saturated rings. The largest absolute Gasteiger partial charge is 0.352 e. The van der Waals surface area contributed by atoms with Gasteiger partial charge in [0.1, 0.15) is 11.9 Å². The number of aryl methyl sites for hydroxylation is 1. The Bertz CT molecular complexity index is 1000. The van der Waals surface area contributed by atoms with Gasteiger partial charge in [-0.3, -0.25) is 14.4 Å². The SMILES string of the molecule is CC[C@H](C)NC(=O)[C@@H](NC(=O)c1cccc(C)c1)C1CCN(C(=O)c2cccc(F)c2)CC1. The van der Waals surface area contributed by atoms with Crippen LogP contribution in [-0.4, -0.2) is 47.8 Å². The number of benzene rings is 2. The highest BCUT2D eigenvalue weighted by atomic mass is 19.1. The highest BCUT2D eigenvalue weighted by Crippen LogP contribution is 2.23. The lowest BCUT2D eigenvalue weighted by molar-refractivity contribution is -0.125. The van der Waals surface area contributed by atoms with Crippen molar-refractivity contribution in [2.24, 2.45) is 5.92 Å². The first kappa shape index (κ1) is 24.4. The third-order valence-electron chi connectivity index (χ3n) is 6.22. The van der Waals surface area contributed by atoms with Gasteiger partial charge >= 0.3 is 0 Å². The Hall–Kier alpha value is -3.22. The van der Waals surface area contributed by atoms with Gasteiger partial charge in [-0.25, -0.2) is 4.39 Å². The van der Waals surface area contributed by atoms with E-state index in [4.69, 9.17) is 0 Å². The molecular formula is C26H32FN3O3. The molecule has 6 nitrogen and oxygen atoms in total. The van der Waals surface area contributed by atoms with Crippen LogP contribution in [0.15, 0.2) is 48.5 Å². The third kappa shape index (κ3) is 6.40. The second-order valence-corrected chi connectivity index (χ2v) is 8.78. The number of rotatable bonds is 7. The van der Waals surface area contributed by atoms with Crippen LogP contribution >= 0.6 is 0 Å². The Morgan fingerprint density at radius 3 is 2.33 bits per heavy atom. The van der Waals surface area contributed by atoms with E-state index in [0.717, 1.165) is 12.0 Å². The molecule has 1 aliphatic rings. The fourth-order valence-corrected chi connectivity index (χ4v) is 4.08. The van der Waals surface area contributed by atoms with E-state index in [1.807, 2.05) is 32.9 Å². The van der Waals surface area contributed by atoms with Crippen molar-refractivity contribution >= 4 is 17.7 Å². The molecule has 0 radical (unpaired) electrons. The summed E-state index contributed by atoms with van der Waals surface area (Å²) in [4.78, 5) is 40.4. The van der Waals surface area contributed by atoms with Crippen LogP contribution in [0.3, 0.4) is 0 Å². The predicted molar refractivity (Wildman–Crippen MR) is 125 cm³/mol. The molecule has 0 spiro atoms. The Morgan fingerprint density at radius 2 is 1.70 bits per heavy atom. The summed E-state index contributed by atoms with van der Waals surface area (Å²) in [6.45, 7) is 6.70. The normalized spacial score (nSPS) is 16.1. The Labute approximate surface area is 194 Å². The van der Waals surface area contributed by atoms with Crippen LogP contribution in [-0.2, 0) is 4.79 Å². The first-order chi connectivity index (χ1) is 15.8. The zero-order valence-corrected chi connectivity index (χ0v) is 19.4. The van der Waals surface area contributed by atoms with Gasteiger partial charge in [-0.05, 0) is 69.4 Å². The molecule has 1 saturated heterocycles. The number of piperidine rings is 1. The summed E-state index contributed by atoms with van der Waals surface area (Å²) < 4.78 is 13.5. The summed E-state index contributed by atoms with van der Waals surface area (Å²) in [6, 6.07) is 12.2. The van der Waals surface area contributed by atoms with Crippen molar-refractivity contribution in [2.75, 3.05) is 13.1 Å². The fourth-order valence-electron chi connectivity index (χ4n) is 4.08. The van der Waals surface area contributed by atoms with E-state index in [1.54, 1.807) is 23.1 Å². The van der Waals surface area contributed by atoms with E-state index in [0.29, 0.717) is 37.1 Å². The number of nitrogens with zero attached hydrogens (tertiary/aromatic N) is 1. The Balaban J connectivity index is 1.71. The molecule has 0 aromatic heterocycles. The molecule has 3 rings (SSSR count). The number of carbonyl (C=O) groups is 3. The van der Waals surface area contributed by atoms with Crippen LogP contribution in [0, 0.1) is 18.7 Å². The Morgan fingerprint density at radius 1 is 1.03 bits per heavy atom. The van der Waals surface area contributed by atoms with Gasteiger partial charge in [0.15, 0.2) is 0 Å². The van der Waals surface area contributed by atoms with Gasteiger partial charge in [0.2, 0.25) is 5.91 Å². The second kappa shape index (κ2) is 11.1. The van der Waals surface area contributed by atoms with Crippen LogP contribution < -0.4 is 10.6 Å². The highest BCUT2D eigenvalue weighted by Gasteiger charge is 2.34. The summed E-state index contributed by atoms with van der Waals surface area (Å²) in [7, 11) is 0. The molecule has 1 aliphatic heterocycles. The summed E-state index contributed by atoms with van der Waals surface area (Å²) in [5.74, 6) is -1.28. The number of likely N-dealkylation sites (tertiary alicyclic amines) is 1. The van der Waals surface area contributed by atoms with Gasteiger partial charge < -0.3 is 15.5 Å². The standard InChI is InChI=1S/C26H32FN3O3/c1-4-18(3)28-25(32)23(29-24(31)20-8-5-7-17(2)15-20)19-11-13-30(14-12-19)26(33)21-9-6-10-22(27)16-21/h5-10,15-16,18-19,23H,4,11-14H2,1-3H3,(H,28,32)(H,29,31)/t18-,23-/m0/s1. The summed E-state index contributed by atoms with van der Waals surface area (Å²) >= 11 is 0. The van der Waals surface area contributed by atoms with Crippen molar-refractivity contribution in [3.63, 3.8) is 0 Å². The molecule has 1 heterocycles. The molecule has 2 atom stereocenters.